The van der Waals surface area contributed by atoms with Crippen LogP contribution in [0.4, 0.5) is 5.69 Å². The third-order valence-corrected chi connectivity index (χ3v) is 5.01. The van der Waals surface area contributed by atoms with Gasteiger partial charge in [-0.15, -0.1) is 0 Å². The standard InChI is InChI=1S/C24H19Cl2N3O7/c1-2-34-22-11-15(7-9-21(22)36-24(31)17-5-3-4-6-18(17)26)13-27-28-23(30)14-35-20-10-8-16(25)12-19(20)29(32)33/h3-13H,2,14H2,1H3,(H,28,30). The highest BCUT2D eigenvalue weighted by Gasteiger charge is 2.17. The van der Waals surface area contributed by atoms with Crippen molar-refractivity contribution in [3.8, 4) is 17.2 Å². The minimum Gasteiger partial charge on any atom is -0.490 e. The molecule has 0 heterocycles. The second kappa shape index (κ2) is 12.5. The van der Waals surface area contributed by atoms with Crippen LogP contribution < -0.4 is 19.6 Å². The molecule has 1 amide bonds. The lowest BCUT2D eigenvalue weighted by molar-refractivity contribution is -0.385. The Morgan fingerprint density at radius 2 is 1.78 bits per heavy atom. The number of halogens is 2. The molecule has 0 bridgehead atoms. The van der Waals surface area contributed by atoms with E-state index >= 15 is 0 Å². The van der Waals surface area contributed by atoms with E-state index in [-0.39, 0.29) is 38.5 Å². The normalized spacial score (nSPS) is 10.6. The van der Waals surface area contributed by atoms with Crippen LogP contribution >= 0.6 is 23.2 Å². The number of hydrogen-bond acceptors (Lipinski definition) is 8. The number of hydrazone groups is 1. The van der Waals surface area contributed by atoms with Crippen LogP contribution in [0.25, 0.3) is 0 Å². The number of esters is 1. The summed E-state index contributed by atoms with van der Waals surface area (Å²) in [6, 6.07) is 15.0. The molecule has 0 unspecified atom stereocenters. The molecule has 0 fully saturated rings. The number of amides is 1. The Kier molecular flexibility index (Phi) is 9.20. The van der Waals surface area contributed by atoms with E-state index < -0.39 is 23.4 Å². The molecule has 0 atom stereocenters. The molecule has 0 aliphatic rings. The van der Waals surface area contributed by atoms with E-state index in [4.69, 9.17) is 37.4 Å². The second-order valence-corrected chi connectivity index (χ2v) is 7.80. The van der Waals surface area contributed by atoms with Crippen LogP contribution in [0.5, 0.6) is 17.2 Å². The highest BCUT2D eigenvalue weighted by atomic mass is 35.5. The maximum atomic E-state index is 12.5. The predicted octanol–water partition coefficient (Wildman–Crippen LogP) is 5.05. The molecule has 0 aromatic heterocycles. The summed E-state index contributed by atoms with van der Waals surface area (Å²) in [5, 5.41) is 15.4. The quantitative estimate of drug-likeness (QED) is 0.127. The van der Waals surface area contributed by atoms with E-state index in [0.717, 1.165) is 6.07 Å². The summed E-state index contributed by atoms with van der Waals surface area (Å²) in [4.78, 5) is 34.9. The summed E-state index contributed by atoms with van der Waals surface area (Å²) >= 11 is 11.8. The van der Waals surface area contributed by atoms with Gasteiger partial charge in [0.25, 0.3) is 5.91 Å². The van der Waals surface area contributed by atoms with Crippen molar-refractivity contribution in [2.45, 2.75) is 6.92 Å². The minimum absolute atomic E-state index is 0.105. The number of rotatable bonds is 10. The van der Waals surface area contributed by atoms with E-state index in [1.165, 1.54) is 24.4 Å². The second-order valence-electron chi connectivity index (χ2n) is 6.96. The molecule has 10 nitrogen and oxygen atoms in total. The van der Waals surface area contributed by atoms with Crippen LogP contribution in [-0.2, 0) is 4.79 Å². The molecular formula is C24H19Cl2N3O7. The zero-order chi connectivity index (χ0) is 26.1. The Morgan fingerprint density at radius 1 is 1.03 bits per heavy atom. The van der Waals surface area contributed by atoms with Crippen molar-refractivity contribution >= 4 is 47.0 Å². The van der Waals surface area contributed by atoms with Crippen LogP contribution in [0.1, 0.15) is 22.8 Å². The smallest absolute Gasteiger partial charge is 0.345 e. The first kappa shape index (κ1) is 26.5. The molecular weight excluding hydrogens is 513 g/mol. The summed E-state index contributed by atoms with van der Waals surface area (Å²) in [5.41, 5.74) is 2.64. The van der Waals surface area contributed by atoms with Gasteiger partial charge in [-0.1, -0.05) is 35.3 Å². The fraction of sp³-hybridized carbons (Fsp3) is 0.125. The average Bonchev–Trinajstić information content (AvgIpc) is 2.85. The maximum absolute atomic E-state index is 12.5. The Balaban J connectivity index is 1.62. The zero-order valence-electron chi connectivity index (χ0n) is 18.8. The monoisotopic (exact) mass is 531 g/mol. The number of nitrogens with zero attached hydrogens (tertiary/aromatic N) is 2. The van der Waals surface area contributed by atoms with E-state index in [9.17, 15) is 19.7 Å². The summed E-state index contributed by atoms with van der Waals surface area (Å²) < 4.78 is 16.2. The molecule has 0 saturated heterocycles. The first-order valence-corrected chi connectivity index (χ1v) is 11.2. The number of nitro groups is 1. The van der Waals surface area contributed by atoms with E-state index in [1.807, 2.05) is 0 Å². The van der Waals surface area contributed by atoms with E-state index in [2.05, 4.69) is 10.5 Å². The van der Waals surface area contributed by atoms with Crippen LogP contribution in [0.2, 0.25) is 10.0 Å². The van der Waals surface area contributed by atoms with Crippen LogP contribution in [-0.4, -0.2) is 36.2 Å². The Hall–Kier alpha value is -4.15. The maximum Gasteiger partial charge on any atom is 0.345 e. The van der Waals surface area contributed by atoms with Crippen molar-refractivity contribution in [1.82, 2.24) is 5.43 Å². The lowest BCUT2D eigenvalue weighted by Gasteiger charge is -2.12. The average molecular weight is 532 g/mol. The van der Waals surface area contributed by atoms with Gasteiger partial charge >= 0.3 is 11.7 Å². The van der Waals surface area contributed by atoms with Crippen molar-refractivity contribution in [3.05, 3.63) is 92.0 Å². The van der Waals surface area contributed by atoms with Crippen molar-refractivity contribution in [2.75, 3.05) is 13.2 Å². The third kappa shape index (κ3) is 7.17. The Labute approximate surface area is 215 Å². The summed E-state index contributed by atoms with van der Waals surface area (Å²) in [5.74, 6) is -0.929. The van der Waals surface area contributed by atoms with Crippen molar-refractivity contribution < 1.29 is 28.7 Å². The van der Waals surface area contributed by atoms with Gasteiger partial charge in [-0.2, -0.15) is 5.10 Å². The van der Waals surface area contributed by atoms with E-state index in [1.54, 1.807) is 43.3 Å². The molecule has 3 aromatic rings. The molecule has 0 spiro atoms. The predicted molar refractivity (Wildman–Crippen MR) is 133 cm³/mol. The van der Waals surface area contributed by atoms with Crippen molar-refractivity contribution in [1.29, 1.82) is 0 Å². The van der Waals surface area contributed by atoms with Crippen molar-refractivity contribution in [2.24, 2.45) is 5.10 Å². The Morgan fingerprint density at radius 3 is 2.50 bits per heavy atom. The topological polar surface area (TPSA) is 129 Å². The summed E-state index contributed by atoms with van der Waals surface area (Å²) in [6.07, 6.45) is 1.34. The van der Waals surface area contributed by atoms with Crippen molar-refractivity contribution in [3.63, 3.8) is 0 Å². The molecule has 0 aliphatic carbocycles. The number of hydrogen-bond donors (Lipinski definition) is 1. The fourth-order valence-electron chi connectivity index (χ4n) is 2.85. The highest BCUT2D eigenvalue weighted by molar-refractivity contribution is 6.33. The molecule has 186 valence electrons. The highest BCUT2D eigenvalue weighted by Crippen LogP contribution is 2.30. The molecule has 0 saturated carbocycles. The van der Waals surface area contributed by atoms with Gasteiger partial charge in [0.15, 0.2) is 23.9 Å². The van der Waals surface area contributed by atoms with Gasteiger partial charge in [0.1, 0.15) is 0 Å². The van der Waals surface area contributed by atoms with Crippen LogP contribution in [0, 0.1) is 10.1 Å². The molecule has 12 heteroatoms. The van der Waals surface area contributed by atoms with Gasteiger partial charge in [0.2, 0.25) is 0 Å². The summed E-state index contributed by atoms with van der Waals surface area (Å²) in [7, 11) is 0. The SMILES string of the molecule is CCOc1cc(C=NNC(=O)COc2ccc(Cl)cc2[N+](=O)[O-])ccc1OC(=O)c1ccccc1Cl. The van der Waals surface area contributed by atoms with Gasteiger partial charge in [-0.05, 0) is 55.0 Å². The Bertz CT molecular complexity index is 1310. The summed E-state index contributed by atoms with van der Waals surface area (Å²) in [6.45, 7) is 1.56. The number of ether oxygens (including phenoxy) is 3. The molecule has 0 aliphatic heterocycles. The van der Waals surface area contributed by atoms with Gasteiger partial charge in [0.05, 0.1) is 28.3 Å². The molecule has 3 rings (SSSR count). The molecule has 3 aromatic carbocycles. The number of nitrogens with one attached hydrogen (secondary N) is 1. The number of benzene rings is 3. The fourth-order valence-corrected chi connectivity index (χ4v) is 3.23. The first-order chi connectivity index (χ1) is 17.3. The van der Waals surface area contributed by atoms with Gasteiger partial charge in [0, 0.05) is 11.1 Å². The first-order valence-electron chi connectivity index (χ1n) is 10.4. The van der Waals surface area contributed by atoms with Crippen LogP contribution in [0.15, 0.2) is 65.8 Å². The van der Waals surface area contributed by atoms with Gasteiger partial charge < -0.3 is 14.2 Å². The number of carbonyl (C=O) groups is 2. The van der Waals surface area contributed by atoms with E-state index in [0.29, 0.717) is 12.2 Å². The minimum atomic E-state index is -0.664. The van der Waals surface area contributed by atoms with Gasteiger partial charge in [-0.25, -0.2) is 10.2 Å². The third-order valence-electron chi connectivity index (χ3n) is 4.44. The largest absolute Gasteiger partial charge is 0.490 e. The number of carbonyl (C=O) groups excluding carboxylic acids is 2. The molecule has 1 N–H and O–H groups in total. The van der Waals surface area contributed by atoms with Gasteiger partial charge in [-0.3, -0.25) is 14.9 Å². The lowest BCUT2D eigenvalue weighted by atomic mass is 10.2. The van der Waals surface area contributed by atoms with Crippen LogP contribution in [0.3, 0.4) is 0 Å². The lowest BCUT2D eigenvalue weighted by Crippen LogP contribution is -2.24. The zero-order valence-corrected chi connectivity index (χ0v) is 20.3. The molecule has 0 radical (unpaired) electrons. The number of nitro benzene ring substituents is 1. The molecule has 36 heavy (non-hydrogen) atoms.